The van der Waals surface area contributed by atoms with Crippen LogP contribution in [0.1, 0.15) is 24.8 Å². The lowest BCUT2D eigenvalue weighted by Crippen LogP contribution is -2.37. The Morgan fingerprint density at radius 3 is 2.89 bits per heavy atom. The summed E-state index contributed by atoms with van der Waals surface area (Å²) in [6.07, 6.45) is 3.52. The number of hydrogen-bond donors (Lipinski definition) is 2. The van der Waals surface area contributed by atoms with Crippen LogP contribution in [0.4, 0.5) is 5.69 Å². The van der Waals surface area contributed by atoms with Crippen LogP contribution >= 0.6 is 11.8 Å². The molecule has 0 saturated carbocycles. The van der Waals surface area contributed by atoms with Crippen molar-refractivity contribution in [2.75, 3.05) is 17.2 Å². The third kappa shape index (κ3) is 4.26. The van der Waals surface area contributed by atoms with Gasteiger partial charge in [0.2, 0.25) is 5.91 Å². The number of benzene rings is 1. The van der Waals surface area contributed by atoms with Crippen LogP contribution in [-0.2, 0) is 11.2 Å². The van der Waals surface area contributed by atoms with Gasteiger partial charge in [-0.05, 0) is 48.5 Å². The summed E-state index contributed by atoms with van der Waals surface area (Å²) < 4.78 is 0. The SMILES string of the molecule is Nc1cccc(CCC(=O)NC2CCSCC2)c1. The van der Waals surface area contributed by atoms with Crippen molar-refractivity contribution in [3.8, 4) is 0 Å². The minimum Gasteiger partial charge on any atom is -0.399 e. The summed E-state index contributed by atoms with van der Waals surface area (Å²) >= 11 is 1.97. The number of thioether (sulfide) groups is 1. The Labute approximate surface area is 113 Å². The number of hydrogen-bond acceptors (Lipinski definition) is 3. The van der Waals surface area contributed by atoms with Gasteiger partial charge in [-0.3, -0.25) is 4.79 Å². The van der Waals surface area contributed by atoms with E-state index >= 15 is 0 Å². The summed E-state index contributed by atoms with van der Waals surface area (Å²) in [5, 5.41) is 3.12. The zero-order chi connectivity index (χ0) is 12.8. The highest BCUT2D eigenvalue weighted by Crippen LogP contribution is 2.17. The Balaban J connectivity index is 1.74. The van der Waals surface area contributed by atoms with Gasteiger partial charge in [0.15, 0.2) is 0 Å². The van der Waals surface area contributed by atoms with Gasteiger partial charge >= 0.3 is 0 Å². The van der Waals surface area contributed by atoms with Gasteiger partial charge in [0.1, 0.15) is 0 Å². The second-order valence-electron chi connectivity index (χ2n) is 4.70. The third-order valence-electron chi connectivity index (χ3n) is 3.18. The molecule has 0 radical (unpaired) electrons. The van der Waals surface area contributed by atoms with E-state index in [9.17, 15) is 4.79 Å². The van der Waals surface area contributed by atoms with Crippen LogP contribution in [0, 0.1) is 0 Å². The summed E-state index contributed by atoms with van der Waals surface area (Å²) in [5.41, 5.74) is 7.60. The second kappa shape index (κ2) is 6.69. The fraction of sp³-hybridized carbons (Fsp3) is 0.500. The van der Waals surface area contributed by atoms with Crippen molar-refractivity contribution in [1.82, 2.24) is 5.32 Å². The van der Waals surface area contributed by atoms with Crippen LogP contribution in [0.5, 0.6) is 0 Å². The number of nitrogen functional groups attached to an aromatic ring is 1. The topological polar surface area (TPSA) is 55.1 Å². The molecule has 98 valence electrons. The second-order valence-corrected chi connectivity index (χ2v) is 5.92. The average molecular weight is 264 g/mol. The summed E-state index contributed by atoms with van der Waals surface area (Å²) in [4.78, 5) is 11.8. The van der Waals surface area contributed by atoms with E-state index in [0.717, 1.165) is 30.5 Å². The van der Waals surface area contributed by atoms with E-state index in [-0.39, 0.29) is 5.91 Å². The van der Waals surface area contributed by atoms with Gasteiger partial charge in [0, 0.05) is 18.2 Å². The van der Waals surface area contributed by atoms with Crippen LogP contribution in [0.2, 0.25) is 0 Å². The summed E-state index contributed by atoms with van der Waals surface area (Å²) in [7, 11) is 0. The first-order valence-corrected chi connectivity index (χ1v) is 7.61. The molecule has 2 rings (SSSR count). The Hall–Kier alpha value is -1.16. The van der Waals surface area contributed by atoms with Gasteiger partial charge < -0.3 is 11.1 Å². The zero-order valence-corrected chi connectivity index (χ0v) is 11.3. The molecule has 3 N–H and O–H groups in total. The van der Waals surface area contributed by atoms with E-state index in [1.54, 1.807) is 0 Å². The van der Waals surface area contributed by atoms with Crippen LogP contribution in [0.15, 0.2) is 24.3 Å². The summed E-state index contributed by atoms with van der Waals surface area (Å²) in [6.45, 7) is 0. The minimum absolute atomic E-state index is 0.161. The van der Waals surface area contributed by atoms with Crippen LogP contribution in [0.25, 0.3) is 0 Å². The molecule has 18 heavy (non-hydrogen) atoms. The lowest BCUT2D eigenvalue weighted by atomic mass is 10.1. The van der Waals surface area contributed by atoms with E-state index in [0.29, 0.717) is 12.5 Å². The molecule has 1 aliphatic heterocycles. The van der Waals surface area contributed by atoms with Crippen molar-refractivity contribution in [3.63, 3.8) is 0 Å². The normalized spacial score (nSPS) is 16.4. The molecule has 1 fully saturated rings. The molecule has 1 aromatic carbocycles. The molecular weight excluding hydrogens is 244 g/mol. The molecule has 0 spiro atoms. The fourth-order valence-corrected chi connectivity index (χ4v) is 3.25. The van der Waals surface area contributed by atoms with Gasteiger partial charge in [0.25, 0.3) is 0 Å². The molecule has 0 atom stereocenters. The number of carbonyl (C=O) groups is 1. The number of rotatable bonds is 4. The molecule has 0 unspecified atom stereocenters. The number of amides is 1. The van der Waals surface area contributed by atoms with Crippen molar-refractivity contribution in [2.45, 2.75) is 31.7 Å². The monoisotopic (exact) mass is 264 g/mol. The van der Waals surface area contributed by atoms with Crippen LogP contribution in [-0.4, -0.2) is 23.5 Å². The molecule has 0 aromatic heterocycles. The Bertz CT molecular complexity index is 403. The molecule has 1 saturated heterocycles. The molecule has 1 aliphatic rings. The molecule has 1 heterocycles. The first-order valence-electron chi connectivity index (χ1n) is 6.45. The summed E-state index contributed by atoms with van der Waals surface area (Å²) in [5.74, 6) is 2.50. The highest BCUT2D eigenvalue weighted by atomic mass is 32.2. The van der Waals surface area contributed by atoms with Gasteiger partial charge in [0.05, 0.1) is 0 Å². The van der Waals surface area contributed by atoms with E-state index < -0.39 is 0 Å². The maximum Gasteiger partial charge on any atom is 0.220 e. The first kappa shape index (κ1) is 13.3. The number of carbonyl (C=O) groups excluding carboxylic acids is 1. The number of nitrogens with two attached hydrogens (primary N) is 1. The van der Waals surface area contributed by atoms with Crippen molar-refractivity contribution >= 4 is 23.4 Å². The molecule has 3 nitrogen and oxygen atoms in total. The predicted molar refractivity (Wildman–Crippen MR) is 77.7 cm³/mol. The van der Waals surface area contributed by atoms with Gasteiger partial charge in [-0.2, -0.15) is 11.8 Å². The van der Waals surface area contributed by atoms with E-state index in [2.05, 4.69) is 5.32 Å². The molecule has 1 amide bonds. The van der Waals surface area contributed by atoms with Crippen molar-refractivity contribution < 1.29 is 4.79 Å². The fourth-order valence-electron chi connectivity index (χ4n) is 2.15. The van der Waals surface area contributed by atoms with Crippen LogP contribution < -0.4 is 11.1 Å². The van der Waals surface area contributed by atoms with Crippen LogP contribution in [0.3, 0.4) is 0 Å². The Kier molecular flexibility index (Phi) is 4.93. The van der Waals surface area contributed by atoms with Crippen molar-refractivity contribution in [2.24, 2.45) is 0 Å². The predicted octanol–water partition coefficient (Wildman–Crippen LogP) is 2.21. The minimum atomic E-state index is 0.161. The number of anilines is 1. The maximum absolute atomic E-state index is 11.8. The first-order chi connectivity index (χ1) is 8.74. The highest BCUT2D eigenvalue weighted by molar-refractivity contribution is 7.99. The average Bonchev–Trinajstić information content (AvgIpc) is 2.38. The lowest BCUT2D eigenvalue weighted by Gasteiger charge is -2.22. The number of nitrogens with one attached hydrogen (secondary N) is 1. The quantitative estimate of drug-likeness (QED) is 0.820. The molecular formula is C14H20N2OS. The lowest BCUT2D eigenvalue weighted by molar-refractivity contribution is -0.121. The van der Waals surface area contributed by atoms with Crippen molar-refractivity contribution in [1.29, 1.82) is 0 Å². The summed E-state index contributed by atoms with van der Waals surface area (Å²) in [6, 6.07) is 8.13. The van der Waals surface area contributed by atoms with Gasteiger partial charge in [-0.1, -0.05) is 12.1 Å². The third-order valence-corrected chi connectivity index (χ3v) is 4.23. The zero-order valence-electron chi connectivity index (χ0n) is 10.5. The number of aryl methyl sites for hydroxylation is 1. The molecule has 0 bridgehead atoms. The maximum atomic E-state index is 11.8. The van der Waals surface area contributed by atoms with Gasteiger partial charge in [-0.15, -0.1) is 0 Å². The van der Waals surface area contributed by atoms with E-state index in [4.69, 9.17) is 5.73 Å². The standard InChI is InChI=1S/C14H20N2OS/c15-12-3-1-2-11(10-12)4-5-14(17)16-13-6-8-18-9-7-13/h1-3,10,13H,4-9,15H2,(H,16,17). The van der Waals surface area contributed by atoms with E-state index in [1.165, 1.54) is 11.5 Å². The Morgan fingerprint density at radius 2 is 2.17 bits per heavy atom. The van der Waals surface area contributed by atoms with Gasteiger partial charge in [-0.25, -0.2) is 0 Å². The molecule has 0 aliphatic carbocycles. The van der Waals surface area contributed by atoms with Crippen molar-refractivity contribution in [3.05, 3.63) is 29.8 Å². The molecule has 4 heteroatoms. The highest BCUT2D eigenvalue weighted by Gasteiger charge is 2.15. The Morgan fingerprint density at radius 1 is 1.39 bits per heavy atom. The van der Waals surface area contributed by atoms with E-state index in [1.807, 2.05) is 36.0 Å². The molecule has 1 aromatic rings. The smallest absolute Gasteiger partial charge is 0.220 e. The largest absolute Gasteiger partial charge is 0.399 e.